The number of ether oxygens (including phenoxy) is 2. The van der Waals surface area contributed by atoms with E-state index in [1.54, 1.807) is 31.4 Å². The molecule has 0 fully saturated rings. The van der Waals surface area contributed by atoms with E-state index in [0.717, 1.165) is 15.8 Å². The number of esters is 1. The molecule has 2 N–H and O–H groups in total. The number of rotatable bonds is 8. The molecule has 0 unspecified atom stereocenters. The topological polar surface area (TPSA) is 93.7 Å². The van der Waals surface area contributed by atoms with Gasteiger partial charge < -0.3 is 20.1 Å². The zero-order valence-corrected chi connectivity index (χ0v) is 17.2. The third-order valence-corrected chi connectivity index (χ3v) is 4.53. The van der Waals surface area contributed by atoms with Gasteiger partial charge in [0.15, 0.2) is 0 Å². The number of benzene rings is 2. The normalized spacial score (nSPS) is 10.1. The summed E-state index contributed by atoms with van der Waals surface area (Å²) >= 11 is 3.43. The minimum Gasteiger partial charge on any atom is -0.496 e. The van der Waals surface area contributed by atoms with E-state index in [2.05, 4.69) is 31.3 Å². The molecular formula is C20H21BrN2O5. The van der Waals surface area contributed by atoms with Crippen LogP contribution in [-0.2, 0) is 20.7 Å². The van der Waals surface area contributed by atoms with Gasteiger partial charge in [-0.05, 0) is 64.3 Å². The lowest BCUT2D eigenvalue weighted by Crippen LogP contribution is -2.30. The van der Waals surface area contributed by atoms with E-state index in [9.17, 15) is 14.4 Å². The second-order valence-corrected chi connectivity index (χ2v) is 6.71. The van der Waals surface area contributed by atoms with Crippen molar-refractivity contribution in [2.45, 2.75) is 12.8 Å². The Morgan fingerprint density at radius 2 is 1.75 bits per heavy atom. The smallest absolute Gasteiger partial charge is 0.325 e. The van der Waals surface area contributed by atoms with Crippen LogP contribution in [0.3, 0.4) is 0 Å². The SMILES string of the molecule is COC(=O)CNC(=O)c1ccc(NC(=O)CCc2ccc(OC)c(Br)c2)cc1. The molecule has 0 atom stereocenters. The molecule has 0 aliphatic carbocycles. The van der Waals surface area contributed by atoms with Crippen LogP contribution in [0.1, 0.15) is 22.3 Å². The fourth-order valence-electron chi connectivity index (χ4n) is 2.38. The number of methoxy groups -OCH3 is 2. The van der Waals surface area contributed by atoms with Gasteiger partial charge in [0, 0.05) is 17.7 Å². The average molecular weight is 449 g/mol. The number of aryl methyl sites for hydroxylation is 1. The molecule has 2 aromatic rings. The van der Waals surface area contributed by atoms with Crippen LogP contribution in [0.25, 0.3) is 0 Å². The first kappa shape index (κ1) is 21.4. The van der Waals surface area contributed by atoms with Crippen molar-refractivity contribution in [2.24, 2.45) is 0 Å². The highest BCUT2D eigenvalue weighted by Crippen LogP contribution is 2.26. The third-order valence-electron chi connectivity index (χ3n) is 3.91. The predicted molar refractivity (Wildman–Crippen MR) is 108 cm³/mol. The Labute approximate surface area is 171 Å². The highest BCUT2D eigenvalue weighted by molar-refractivity contribution is 9.10. The van der Waals surface area contributed by atoms with E-state index < -0.39 is 11.9 Å². The summed E-state index contributed by atoms with van der Waals surface area (Å²) in [5.74, 6) is -0.312. The summed E-state index contributed by atoms with van der Waals surface area (Å²) in [6.07, 6.45) is 0.905. The first-order chi connectivity index (χ1) is 13.4. The molecule has 7 nitrogen and oxygen atoms in total. The highest BCUT2D eigenvalue weighted by atomic mass is 79.9. The van der Waals surface area contributed by atoms with E-state index in [1.165, 1.54) is 7.11 Å². The first-order valence-electron chi connectivity index (χ1n) is 8.50. The quantitative estimate of drug-likeness (QED) is 0.605. The zero-order valence-electron chi connectivity index (χ0n) is 15.6. The predicted octanol–water partition coefficient (Wildman–Crippen LogP) is 2.93. The average Bonchev–Trinajstić information content (AvgIpc) is 2.70. The van der Waals surface area contributed by atoms with Crippen LogP contribution in [0.15, 0.2) is 46.9 Å². The zero-order chi connectivity index (χ0) is 20.5. The van der Waals surface area contributed by atoms with Gasteiger partial charge in [0.25, 0.3) is 5.91 Å². The third kappa shape index (κ3) is 6.38. The van der Waals surface area contributed by atoms with Crippen LogP contribution in [-0.4, -0.2) is 38.5 Å². The molecule has 0 saturated heterocycles. The number of anilines is 1. The Morgan fingerprint density at radius 3 is 2.36 bits per heavy atom. The van der Waals surface area contributed by atoms with Crippen LogP contribution in [0.4, 0.5) is 5.69 Å². The lowest BCUT2D eigenvalue weighted by molar-refractivity contribution is -0.139. The molecule has 28 heavy (non-hydrogen) atoms. The molecule has 0 aromatic heterocycles. The minimum atomic E-state index is -0.527. The van der Waals surface area contributed by atoms with Crippen molar-refractivity contribution in [1.82, 2.24) is 5.32 Å². The van der Waals surface area contributed by atoms with Gasteiger partial charge in [0.05, 0.1) is 18.7 Å². The fraction of sp³-hybridized carbons (Fsp3) is 0.250. The van der Waals surface area contributed by atoms with Gasteiger partial charge in [-0.25, -0.2) is 0 Å². The van der Waals surface area contributed by atoms with E-state index >= 15 is 0 Å². The molecule has 0 spiro atoms. The summed E-state index contributed by atoms with van der Waals surface area (Å²) in [5.41, 5.74) is 1.98. The number of nitrogens with one attached hydrogen (secondary N) is 2. The molecule has 0 aliphatic rings. The molecule has 2 amide bonds. The number of carbonyl (C=O) groups excluding carboxylic acids is 3. The number of carbonyl (C=O) groups is 3. The number of hydrogen-bond acceptors (Lipinski definition) is 5. The van der Waals surface area contributed by atoms with Crippen LogP contribution >= 0.6 is 15.9 Å². The van der Waals surface area contributed by atoms with Crippen LogP contribution < -0.4 is 15.4 Å². The molecule has 0 saturated carbocycles. The van der Waals surface area contributed by atoms with Gasteiger partial charge in [-0.2, -0.15) is 0 Å². The molecule has 2 rings (SSSR count). The fourth-order valence-corrected chi connectivity index (χ4v) is 2.97. The van der Waals surface area contributed by atoms with Crippen molar-refractivity contribution in [3.63, 3.8) is 0 Å². The van der Waals surface area contributed by atoms with Crippen molar-refractivity contribution in [2.75, 3.05) is 26.1 Å². The van der Waals surface area contributed by atoms with Crippen LogP contribution in [0, 0.1) is 0 Å². The Morgan fingerprint density at radius 1 is 1.04 bits per heavy atom. The van der Waals surface area contributed by atoms with Crippen LogP contribution in [0.2, 0.25) is 0 Å². The lowest BCUT2D eigenvalue weighted by atomic mass is 10.1. The second-order valence-electron chi connectivity index (χ2n) is 5.85. The molecule has 8 heteroatoms. The monoisotopic (exact) mass is 448 g/mol. The summed E-state index contributed by atoms with van der Waals surface area (Å²) in [6, 6.07) is 12.1. The summed E-state index contributed by atoms with van der Waals surface area (Å²) in [7, 11) is 2.85. The molecule has 2 aromatic carbocycles. The van der Waals surface area contributed by atoms with E-state index in [0.29, 0.717) is 24.1 Å². The summed E-state index contributed by atoms with van der Waals surface area (Å²) in [5, 5.41) is 5.24. The van der Waals surface area contributed by atoms with Crippen molar-refractivity contribution in [3.05, 3.63) is 58.1 Å². The van der Waals surface area contributed by atoms with E-state index in [-0.39, 0.29) is 12.5 Å². The maximum atomic E-state index is 12.1. The van der Waals surface area contributed by atoms with Crippen molar-refractivity contribution < 1.29 is 23.9 Å². The Kier molecular flexibility index (Phi) is 8.01. The summed E-state index contributed by atoms with van der Waals surface area (Å²) in [6.45, 7) is -0.199. The summed E-state index contributed by atoms with van der Waals surface area (Å²) < 4.78 is 10.5. The minimum absolute atomic E-state index is 0.130. The molecule has 0 bridgehead atoms. The Hall–Kier alpha value is -2.87. The van der Waals surface area contributed by atoms with Crippen molar-refractivity contribution >= 4 is 39.4 Å². The number of halogens is 1. The van der Waals surface area contributed by atoms with Crippen LogP contribution in [0.5, 0.6) is 5.75 Å². The number of amides is 2. The maximum absolute atomic E-state index is 12.1. The van der Waals surface area contributed by atoms with Gasteiger partial charge in [-0.1, -0.05) is 6.07 Å². The van der Waals surface area contributed by atoms with Crippen molar-refractivity contribution in [1.29, 1.82) is 0 Å². The molecule has 0 heterocycles. The maximum Gasteiger partial charge on any atom is 0.325 e. The van der Waals surface area contributed by atoms with Gasteiger partial charge in [-0.3, -0.25) is 14.4 Å². The lowest BCUT2D eigenvalue weighted by Gasteiger charge is -2.08. The van der Waals surface area contributed by atoms with Gasteiger partial charge in [0.1, 0.15) is 12.3 Å². The molecule has 0 aliphatic heterocycles. The largest absolute Gasteiger partial charge is 0.496 e. The Bertz CT molecular complexity index is 852. The standard InChI is InChI=1S/C20H21BrN2O5/c1-27-17-9-3-13(11-16(17)21)4-10-18(24)23-15-7-5-14(6-8-15)20(26)22-12-19(25)28-2/h3,5-9,11H,4,10,12H2,1-2H3,(H,22,26)(H,23,24). The van der Waals surface area contributed by atoms with Gasteiger partial charge >= 0.3 is 5.97 Å². The van der Waals surface area contributed by atoms with Gasteiger partial charge in [0.2, 0.25) is 5.91 Å². The molecule has 0 radical (unpaired) electrons. The Balaban J connectivity index is 1.84. The molecule has 148 valence electrons. The highest BCUT2D eigenvalue weighted by Gasteiger charge is 2.09. The number of hydrogen-bond donors (Lipinski definition) is 2. The first-order valence-corrected chi connectivity index (χ1v) is 9.29. The van der Waals surface area contributed by atoms with Gasteiger partial charge in [-0.15, -0.1) is 0 Å². The summed E-state index contributed by atoms with van der Waals surface area (Å²) in [4.78, 5) is 35.1. The van der Waals surface area contributed by atoms with Crippen molar-refractivity contribution in [3.8, 4) is 5.75 Å². The van der Waals surface area contributed by atoms with E-state index in [1.807, 2.05) is 18.2 Å². The van der Waals surface area contributed by atoms with E-state index in [4.69, 9.17) is 4.74 Å². The molecular weight excluding hydrogens is 428 g/mol. The second kappa shape index (κ2) is 10.5.